The van der Waals surface area contributed by atoms with Gasteiger partial charge < -0.3 is 19.9 Å². The van der Waals surface area contributed by atoms with Gasteiger partial charge in [-0.1, -0.05) is 6.92 Å². The number of aromatic hydroxyl groups is 1. The lowest BCUT2D eigenvalue weighted by atomic mass is 9.70. The quantitative estimate of drug-likeness (QED) is 0.538. The number of Topliss-reactive ketones (excluding diaryl/α,β-unsaturated/α-hetero) is 1. The summed E-state index contributed by atoms with van der Waals surface area (Å²) in [6.07, 6.45) is 0.469. The molecule has 2 aliphatic rings. The molecule has 0 fully saturated rings. The van der Waals surface area contributed by atoms with Crippen molar-refractivity contribution in [3.05, 3.63) is 33.4 Å². The predicted molar refractivity (Wildman–Crippen MR) is 104 cm³/mol. The summed E-state index contributed by atoms with van der Waals surface area (Å²) in [7, 11) is 1.26. The van der Waals surface area contributed by atoms with Crippen LogP contribution in [0.1, 0.15) is 38.2 Å². The van der Waals surface area contributed by atoms with Crippen molar-refractivity contribution >= 4 is 33.6 Å². The fourth-order valence-electron chi connectivity index (χ4n) is 3.94. The van der Waals surface area contributed by atoms with Gasteiger partial charge in [0.1, 0.15) is 5.92 Å². The summed E-state index contributed by atoms with van der Waals surface area (Å²) in [5.41, 5.74) is 1.64. The van der Waals surface area contributed by atoms with E-state index >= 15 is 0 Å². The van der Waals surface area contributed by atoms with E-state index in [4.69, 9.17) is 9.47 Å². The van der Waals surface area contributed by atoms with Crippen molar-refractivity contribution in [2.75, 3.05) is 13.7 Å². The highest BCUT2D eigenvalue weighted by Crippen LogP contribution is 2.45. The van der Waals surface area contributed by atoms with Crippen LogP contribution in [-0.4, -0.2) is 36.5 Å². The number of allylic oxidation sites excluding steroid dienone is 2. The van der Waals surface area contributed by atoms with Crippen LogP contribution in [0.4, 0.5) is 0 Å². The first-order chi connectivity index (χ1) is 13.3. The first kappa shape index (κ1) is 20.4. The van der Waals surface area contributed by atoms with E-state index in [0.29, 0.717) is 34.3 Å². The van der Waals surface area contributed by atoms with Gasteiger partial charge >= 0.3 is 5.97 Å². The molecule has 1 heterocycles. The van der Waals surface area contributed by atoms with Crippen molar-refractivity contribution in [3.63, 3.8) is 0 Å². The van der Waals surface area contributed by atoms with Crippen molar-refractivity contribution in [2.45, 2.75) is 32.6 Å². The van der Waals surface area contributed by atoms with Crippen LogP contribution in [0.3, 0.4) is 0 Å². The molecule has 150 valence electrons. The van der Waals surface area contributed by atoms with Gasteiger partial charge in [-0.15, -0.1) is 0 Å². The summed E-state index contributed by atoms with van der Waals surface area (Å²) in [5, 5.41) is 13.0. The van der Waals surface area contributed by atoms with E-state index in [1.54, 1.807) is 26.0 Å². The Hall–Kier alpha value is -2.35. The maximum atomic E-state index is 13.2. The number of phenols is 1. The Labute approximate surface area is 171 Å². The van der Waals surface area contributed by atoms with Gasteiger partial charge in [0, 0.05) is 23.6 Å². The molecule has 8 heteroatoms. The highest BCUT2D eigenvalue weighted by Gasteiger charge is 2.45. The number of amides is 1. The predicted octanol–water partition coefficient (Wildman–Crippen LogP) is 2.81. The van der Waals surface area contributed by atoms with E-state index in [1.165, 1.54) is 7.11 Å². The largest absolute Gasteiger partial charge is 0.503 e. The molecule has 0 aromatic heterocycles. The summed E-state index contributed by atoms with van der Waals surface area (Å²) in [5.74, 6) is -2.57. The Balaban J connectivity index is 2.11. The fraction of sp³-hybridized carbons (Fsp3) is 0.450. The standard InChI is InChI=1S/C20H22BrNO6/c1-4-28-14-7-10(6-12(21)18(14)24)11-8-15(23)22-13-5-9(2)16(20(26)27-3)19(25)17(11)13/h6-7,9,11,16,24H,4-5,8H2,1-3H3,(H,22,23)/t9-,11-,16-/m0/s1. The third-order valence-corrected chi connectivity index (χ3v) is 5.81. The number of nitrogens with one attached hydrogen (secondary N) is 1. The minimum atomic E-state index is -0.895. The lowest BCUT2D eigenvalue weighted by Gasteiger charge is -2.36. The van der Waals surface area contributed by atoms with Crippen LogP contribution in [0.15, 0.2) is 27.9 Å². The molecule has 0 bridgehead atoms. The number of carbonyl (C=O) groups excluding carboxylic acids is 3. The minimum Gasteiger partial charge on any atom is -0.503 e. The molecule has 1 aliphatic carbocycles. The Kier molecular flexibility index (Phi) is 5.79. The Morgan fingerprint density at radius 2 is 2.04 bits per heavy atom. The summed E-state index contributed by atoms with van der Waals surface area (Å²) < 4.78 is 10.7. The second kappa shape index (κ2) is 7.95. The molecule has 0 unspecified atom stereocenters. The average molecular weight is 452 g/mol. The zero-order valence-electron chi connectivity index (χ0n) is 15.9. The Bertz CT molecular complexity index is 878. The molecule has 7 nitrogen and oxygen atoms in total. The van der Waals surface area contributed by atoms with Gasteiger partial charge in [-0.05, 0) is 52.9 Å². The van der Waals surface area contributed by atoms with Crippen LogP contribution in [-0.2, 0) is 19.1 Å². The van der Waals surface area contributed by atoms with Crippen molar-refractivity contribution in [3.8, 4) is 11.5 Å². The number of benzene rings is 1. The molecule has 0 saturated carbocycles. The van der Waals surface area contributed by atoms with Gasteiger partial charge in [-0.3, -0.25) is 14.4 Å². The number of hydrogen-bond donors (Lipinski definition) is 2. The number of hydrogen-bond acceptors (Lipinski definition) is 6. The molecule has 28 heavy (non-hydrogen) atoms. The fourth-order valence-corrected chi connectivity index (χ4v) is 4.40. The third-order valence-electron chi connectivity index (χ3n) is 5.20. The number of carbonyl (C=O) groups is 3. The molecule has 0 radical (unpaired) electrons. The minimum absolute atomic E-state index is 0.0453. The molecule has 0 spiro atoms. The number of phenolic OH excluding ortho intramolecular Hbond substituents is 1. The van der Waals surface area contributed by atoms with E-state index in [-0.39, 0.29) is 35.5 Å². The van der Waals surface area contributed by atoms with Gasteiger partial charge in [0.2, 0.25) is 5.91 Å². The molecule has 1 aromatic rings. The average Bonchev–Trinajstić information content (AvgIpc) is 2.64. The number of halogens is 1. The van der Waals surface area contributed by atoms with Crippen LogP contribution >= 0.6 is 15.9 Å². The van der Waals surface area contributed by atoms with E-state index < -0.39 is 17.8 Å². The van der Waals surface area contributed by atoms with Gasteiger partial charge in [0.25, 0.3) is 0 Å². The maximum Gasteiger partial charge on any atom is 0.316 e. The maximum absolute atomic E-state index is 13.2. The van der Waals surface area contributed by atoms with E-state index in [2.05, 4.69) is 21.2 Å². The molecular weight excluding hydrogens is 430 g/mol. The Morgan fingerprint density at radius 3 is 2.68 bits per heavy atom. The molecule has 0 saturated heterocycles. The van der Waals surface area contributed by atoms with E-state index in [0.717, 1.165) is 0 Å². The van der Waals surface area contributed by atoms with Crippen LogP contribution in [0, 0.1) is 11.8 Å². The molecule has 1 aliphatic heterocycles. The summed E-state index contributed by atoms with van der Waals surface area (Å²) in [6.45, 7) is 3.94. The molecule has 3 atom stereocenters. The molecule has 3 rings (SSSR count). The van der Waals surface area contributed by atoms with Gasteiger partial charge in [-0.2, -0.15) is 0 Å². The number of ether oxygens (including phenoxy) is 2. The monoisotopic (exact) mass is 451 g/mol. The molecule has 1 aromatic carbocycles. The van der Waals surface area contributed by atoms with Gasteiger partial charge in [0.05, 0.1) is 18.2 Å². The summed E-state index contributed by atoms with van der Waals surface area (Å²) >= 11 is 3.30. The number of esters is 1. The van der Waals surface area contributed by atoms with E-state index in [1.807, 2.05) is 0 Å². The summed E-state index contributed by atoms with van der Waals surface area (Å²) in [6, 6.07) is 3.31. The van der Waals surface area contributed by atoms with Gasteiger partial charge in [0.15, 0.2) is 17.3 Å². The smallest absolute Gasteiger partial charge is 0.316 e. The van der Waals surface area contributed by atoms with E-state index in [9.17, 15) is 19.5 Å². The SMILES string of the molecule is CCOc1cc([C@@H]2CC(=O)NC3=C2C(=O)[C@@H](C(=O)OC)[C@@H](C)C3)cc(Br)c1O. The molecule has 1 amide bonds. The van der Waals surface area contributed by atoms with Crippen LogP contribution in [0.5, 0.6) is 11.5 Å². The molecular formula is C20H22BrNO6. The van der Waals surface area contributed by atoms with Crippen molar-refractivity contribution in [1.82, 2.24) is 5.32 Å². The second-order valence-corrected chi connectivity index (χ2v) is 7.88. The Morgan fingerprint density at radius 1 is 1.32 bits per heavy atom. The summed E-state index contributed by atoms with van der Waals surface area (Å²) in [4.78, 5) is 37.7. The first-order valence-corrected chi connectivity index (χ1v) is 9.87. The first-order valence-electron chi connectivity index (χ1n) is 9.08. The van der Waals surface area contributed by atoms with Gasteiger partial charge in [-0.25, -0.2) is 0 Å². The highest BCUT2D eigenvalue weighted by molar-refractivity contribution is 9.10. The van der Waals surface area contributed by atoms with Crippen molar-refractivity contribution in [2.24, 2.45) is 11.8 Å². The van der Waals surface area contributed by atoms with Crippen molar-refractivity contribution in [1.29, 1.82) is 0 Å². The number of ketones is 1. The second-order valence-electron chi connectivity index (χ2n) is 7.03. The number of rotatable bonds is 4. The zero-order valence-corrected chi connectivity index (χ0v) is 17.5. The van der Waals surface area contributed by atoms with Crippen LogP contribution < -0.4 is 10.1 Å². The topological polar surface area (TPSA) is 102 Å². The third kappa shape index (κ3) is 3.53. The van der Waals surface area contributed by atoms with Crippen LogP contribution in [0.25, 0.3) is 0 Å². The zero-order chi connectivity index (χ0) is 20.6. The lowest BCUT2D eigenvalue weighted by molar-refractivity contribution is -0.151. The lowest BCUT2D eigenvalue weighted by Crippen LogP contribution is -2.44. The molecule has 2 N–H and O–H groups in total. The van der Waals surface area contributed by atoms with Crippen molar-refractivity contribution < 1.29 is 29.0 Å². The van der Waals surface area contributed by atoms with Crippen LogP contribution in [0.2, 0.25) is 0 Å². The number of methoxy groups -OCH3 is 1. The highest BCUT2D eigenvalue weighted by atomic mass is 79.9. The normalized spacial score (nSPS) is 24.5.